The quantitative estimate of drug-likeness (QED) is 0.521. The molecule has 0 unspecified atom stereocenters. The van der Waals surface area contributed by atoms with Gasteiger partial charge in [0.25, 0.3) is 0 Å². The largest absolute Gasteiger partial charge is 0.497 e. The van der Waals surface area contributed by atoms with E-state index in [9.17, 15) is 9.90 Å². The number of aliphatic hydroxyl groups is 1. The highest BCUT2D eigenvalue weighted by molar-refractivity contribution is 5.89. The first kappa shape index (κ1) is 24.9. The van der Waals surface area contributed by atoms with Crippen LogP contribution < -0.4 is 10.1 Å². The van der Waals surface area contributed by atoms with Crippen LogP contribution in [0.4, 0.5) is 10.5 Å². The molecule has 0 radical (unpaired) electrons. The van der Waals surface area contributed by atoms with Crippen molar-refractivity contribution < 1.29 is 14.6 Å². The molecule has 6 nitrogen and oxygen atoms in total. The molecule has 0 spiro atoms. The van der Waals surface area contributed by atoms with Gasteiger partial charge < -0.3 is 20.1 Å². The lowest BCUT2D eigenvalue weighted by atomic mass is 9.74. The van der Waals surface area contributed by atoms with Gasteiger partial charge >= 0.3 is 6.03 Å². The second kappa shape index (κ2) is 11.5. The van der Waals surface area contributed by atoms with E-state index >= 15 is 0 Å². The van der Waals surface area contributed by atoms with Crippen LogP contribution in [0.1, 0.15) is 35.4 Å². The van der Waals surface area contributed by atoms with Crippen LogP contribution in [0.2, 0.25) is 0 Å². The maximum Gasteiger partial charge on any atom is 0.321 e. The van der Waals surface area contributed by atoms with Gasteiger partial charge in [-0.1, -0.05) is 42.2 Å². The predicted molar refractivity (Wildman–Crippen MR) is 146 cm³/mol. The average molecular weight is 496 g/mol. The number of aliphatic hydroxyl groups excluding tert-OH is 1. The molecule has 2 aliphatic rings. The van der Waals surface area contributed by atoms with Crippen molar-refractivity contribution >= 4 is 11.7 Å². The smallest absolute Gasteiger partial charge is 0.321 e. The van der Waals surface area contributed by atoms with E-state index in [-0.39, 0.29) is 30.6 Å². The number of ether oxygens (including phenoxy) is 1. The van der Waals surface area contributed by atoms with E-state index in [0.29, 0.717) is 6.54 Å². The van der Waals surface area contributed by atoms with Gasteiger partial charge in [0.05, 0.1) is 13.7 Å². The second-order valence-electron chi connectivity index (χ2n) is 9.63. The minimum atomic E-state index is -0.0663. The van der Waals surface area contributed by atoms with E-state index in [1.807, 2.05) is 71.6 Å². The number of urea groups is 1. The lowest BCUT2D eigenvalue weighted by Crippen LogP contribution is -2.68. The monoisotopic (exact) mass is 495 g/mol. The normalized spacial score (nSPS) is 21.4. The van der Waals surface area contributed by atoms with Gasteiger partial charge in [0.1, 0.15) is 5.75 Å². The molecule has 2 fully saturated rings. The molecule has 0 saturated carbocycles. The van der Waals surface area contributed by atoms with Crippen molar-refractivity contribution in [3.63, 3.8) is 0 Å². The van der Waals surface area contributed by atoms with E-state index in [1.54, 1.807) is 7.11 Å². The van der Waals surface area contributed by atoms with Gasteiger partial charge in [-0.05, 0) is 73.5 Å². The summed E-state index contributed by atoms with van der Waals surface area (Å²) in [5, 5.41) is 13.3. The molecule has 3 atom stereocenters. The van der Waals surface area contributed by atoms with Crippen LogP contribution in [0.25, 0.3) is 0 Å². The maximum absolute atomic E-state index is 13.1. The van der Waals surface area contributed by atoms with Crippen molar-refractivity contribution in [2.75, 3.05) is 38.7 Å². The highest BCUT2D eigenvalue weighted by Crippen LogP contribution is 2.42. The first-order chi connectivity index (χ1) is 18.2. The number of carbonyl (C=O) groups excluding carboxylic acids is 1. The zero-order chi connectivity index (χ0) is 25.6. The van der Waals surface area contributed by atoms with E-state index in [2.05, 4.69) is 34.2 Å². The summed E-state index contributed by atoms with van der Waals surface area (Å²) in [4.78, 5) is 17.4. The first-order valence-corrected chi connectivity index (χ1v) is 12.9. The van der Waals surface area contributed by atoms with Crippen LogP contribution in [-0.2, 0) is 0 Å². The Hall–Kier alpha value is -3.79. The molecule has 37 heavy (non-hydrogen) atoms. The fourth-order valence-electron chi connectivity index (χ4n) is 5.46. The van der Waals surface area contributed by atoms with Gasteiger partial charge in [0.2, 0.25) is 0 Å². The Morgan fingerprint density at radius 1 is 0.946 bits per heavy atom. The summed E-state index contributed by atoms with van der Waals surface area (Å²) in [5.74, 6) is 7.42. The van der Waals surface area contributed by atoms with Gasteiger partial charge in [0.15, 0.2) is 0 Å². The number of nitrogens with zero attached hydrogens (tertiary/aromatic N) is 2. The second-order valence-corrected chi connectivity index (χ2v) is 9.63. The number of amides is 2. The molecule has 2 amide bonds. The standard InChI is InChI=1S/C31H33N3O3/c1-37-27-17-13-24(14-18-27)10-9-23-11-15-25(16-12-23)30-28-21-33(19-5-6-20-34(28)29(30)22-35)31(36)32-26-7-3-2-4-8-26/h2-4,7-8,11-18,28-30,35H,5-6,19-22H2,1H3,(H,32,36)/t28-,29+,30-/m1/s1. The molecule has 0 aliphatic carbocycles. The lowest BCUT2D eigenvalue weighted by molar-refractivity contribution is -0.0585. The van der Waals surface area contributed by atoms with Gasteiger partial charge in [-0.15, -0.1) is 0 Å². The third-order valence-corrected chi connectivity index (χ3v) is 7.42. The summed E-state index contributed by atoms with van der Waals surface area (Å²) in [6.45, 7) is 2.43. The first-order valence-electron chi connectivity index (χ1n) is 12.9. The summed E-state index contributed by atoms with van der Waals surface area (Å²) in [5.41, 5.74) is 3.86. The molecule has 3 aromatic carbocycles. The zero-order valence-electron chi connectivity index (χ0n) is 21.1. The minimum Gasteiger partial charge on any atom is -0.497 e. The maximum atomic E-state index is 13.1. The highest BCUT2D eigenvalue weighted by atomic mass is 16.5. The molecular formula is C31H33N3O3. The SMILES string of the molecule is COc1ccc(C#Cc2ccc([C@@H]3[C@H]4CN(C(=O)Nc5ccccc5)CCCCN4[C@H]3CO)cc2)cc1. The Kier molecular flexibility index (Phi) is 7.74. The molecule has 2 saturated heterocycles. The van der Waals surface area contributed by atoms with Gasteiger partial charge in [-0.2, -0.15) is 0 Å². The Labute approximate surface area is 218 Å². The molecule has 2 N–H and O–H groups in total. The van der Waals surface area contributed by atoms with E-state index in [1.165, 1.54) is 5.56 Å². The fraction of sp³-hybridized carbons (Fsp3) is 0.323. The van der Waals surface area contributed by atoms with Gasteiger partial charge in [-0.25, -0.2) is 4.79 Å². The number of rotatable bonds is 4. The third kappa shape index (κ3) is 5.64. The Bertz CT molecular complexity index is 1250. The Morgan fingerprint density at radius 2 is 1.59 bits per heavy atom. The van der Waals surface area contributed by atoms with Gasteiger partial charge in [0, 0.05) is 47.9 Å². The van der Waals surface area contributed by atoms with E-state index in [0.717, 1.165) is 48.5 Å². The minimum absolute atomic E-state index is 0.0663. The number of para-hydroxylation sites is 1. The number of hydrogen-bond donors (Lipinski definition) is 2. The molecule has 2 heterocycles. The summed E-state index contributed by atoms with van der Waals surface area (Å²) in [7, 11) is 1.65. The highest BCUT2D eigenvalue weighted by Gasteiger charge is 2.49. The van der Waals surface area contributed by atoms with Crippen molar-refractivity contribution in [2.24, 2.45) is 0 Å². The Morgan fingerprint density at radius 3 is 2.24 bits per heavy atom. The number of carbonyl (C=O) groups is 1. The summed E-state index contributed by atoms with van der Waals surface area (Å²) in [6.07, 6.45) is 1.96. The summed E-state index contributed by atoms with van der Waals surface area (Å²) < 4.78 is 5.21. The average Bonchev–Trinajstić information content (AvgIpc) is 2.92. The number of nitrogens with one attached hydrogen (secondary N) is 1. The Balaban J connectivity index is 1.30. The third-order valence-electron chi connectivity index (χ3n) is 7.42. The van der Waals surface area contributed by atoms with Crippen molar-refractivity contribution in [1.82, 2.24) is 9.80 Å². The topological polar surface area (TPSA) is 65.0 Å². The molecule has 3 aromatic rings. The number of methoxy groups -OCH3 is 1. The van der Waals surface area contributed by atoms with Crippen LogP contribution in [-0.4, -0.2) is 66.4 Å². The van der Waals surface area contributed by atoms with Crippen LogP contribution in [0.5, 0.6) is 5.75 Å². The summed E-state index contributed by atoms with van der Waals surface area (Å²) in [6, 6.07) is 25.8. The molecule has 190 valence electrons. The zero-order valence-corrected chi connectivity index (χ0v) is 21.1. The lowest BCUT2D eigenvalue weighted by Gasteiger charge is -2.57. The number of hydrogen-bond acceptors (Lipinski definition) is 4. The molecule has 5 rings (SSSR count). The van der Waals surface area contributed by atoms with Crippen LogP contribution in [0.3, 0.4) is 0 Å². The molecule has 0 aromatic heterocycles. The van der Waals surface area contributed by atoms with Crippen LogP contribution in [0, 0.1) is 11.8 Å². The molecular weight excluding hydrogens is 462 g/mol. The number of benzene rings is 3. The number of fused-ring (bicyclic) bond motifs is 1. The van der Waals surface area contributed by atoms with Gasteiger partial charge in [-0.3, -0.25) is 4.90 Å². The van der Waals surface area contributed by atoms with E-state index in [4.69, 9.17) is 4.74 Å². The van der Waals surface area contributed by atoms with Crippen molar-refractivity contribution in [1.29, 1.82) is 0 Å². The molecule has 0 bridgehead atoms. The van der Waals surface area contributed by atoms with Crippen molar-refractivity contribution in [3.8, 4) is 17.6 Å². The van der Waals surface area contributed by atoms with Crippen molar-refractivity contribution in [2.45, 2.75) is 30.8 Å². The van der Waals surface area contributed by atoms with Crippen LogP contribution in [0.15, 0.2) is 78.9 Å². The molecule has 2 aliphatic heterocycles. The molecule has 6 heteroatoms. The summed E-state index contributed by atoms with van der Waals surface area (Å²) >= 11 is 0. The van der Waals surface area contributed by atoms with Crippen LogP contribution >= 0.6 is 0 Å². The van der Waals surface area contributed by atoms with Crippen molar-refractivity contribution in [3.05, 3.63) is 95.6 Å². The fourth-order valence-corrected chi connectivity index (χ4v) is 5.46. The number of anilines is 1. The predicted octanol–water partition coefficient (Wildman–Crippen LogP) is 4.55. The van der Waals surface area contributed by atoms with E-state index < -0.39 is 0 Å².